The fourth-order valence-corrected chi connectivity index (χ4v) is 3.39. The third kappa shape index (κ3) is 10.4. The van der Waals surface area contributed by atoms with Crippen LogP contribution in [-0.2, 0) is 0 Å². The van der Waals surface area contributed by atoms with Crippen molar-refractivity contribution < 1.29 is 0 Å². The zero-order chi connectivity index (χ0) is 18.5. The van der Waals surface area contributed by atoms with Gasteiger partial charge in [0, 0.05) is 37.9 Å². The Morgan fingerprint density at radius 3 is 1.14 bits per heavy atom. The Bertz CT molecular complexity index is 467. The van der Waals surface area contributed by atoms with Gasteiger partial charge in [-0.05, 0) is 48.3 Å². The van der Waals surface area contributed by atoms with Gasteiger partial charge in [-0.15, -0.1) is 24.8 Å². The summed E-state index contributed by atoms with van der Waals surface area (Å²) >= 11 is 0. The minimum absolute atomic E-state index is 0. The van der Waals surface area contributed by atoms with Crippen LogP contribution in [0.2, 0.25) is 0 Å². The van der Waals surface area contributed by atoms with Gasteiger partial charge in [-0.3, -0.25) is 0 Å². The first-order chi connectivity index (χ1) is 12.8. The molecule has 0 radical (unpaired) electrons. The first-order valence-corrected chi connectivity index (χ1v) is 10.8. The van der Waals surface area contributed by atoms with Crippen LogP contribution in [-0.4, -0.2) is 22.9 Å². The lowest BCUT2D eigenvalue weighted by Crippen LogP contribution is -2.15. The van der Waals surface area contributed by atoms with E-state index < -0.39 is 0 Å². The molecule has 2 aliphatic heterocycles. The molecular weight excluding hydrogens is 387 g/mol. The predicted octanol–water partition coefficient (Wildman–Crippen LogP) is 7.75. The summed E-state index contributed by atoms with van der Waals surface area (Å²) in [5.41, 5.74) is 2.62. The number of hydrogen-bond acceptors (Lipinski definition) is 2. The molecule has 0 saturated carbocycles. The molecule has 0 bridgehead atoms. The second kappa shape index (κ2) is 16.8. The largest absolute Gasteiger partial charge is 0.354 e. The number of nitrogens with zero attached hydrogens (tertiary/aromatic N) is 2. The molecule has 0 amide bonds. The smallest absolute Gasteiger partial charge is 0.0219 e. The Morgan fingerprint density at radius 2 is 0.821 bits per heavy atom. The summed E-state index contributed by atoms with van der Waals surface area (Å²) in [7, 11) is 0. The van der Waals surface area contributed by atoms with Gasteiger partial charge in [0.2, 0.25) is 0 Å². The third-order valence-corrected chi connectivity index (χ3v) is 5.16. The molecule has 2 rings (SSSR count). The SMILES string of the molecule is CCCCCCCN1C=CC(=C2C=CN(CCCCCCC)C=C2)C=C1.Cl.Cl. The highest BCUT2D eigenvalue weighted by molar-refractivity contribution is 5.85. The quantitative estimate of drug-likeness (QED) is 0.294. The van der Waals surface area contributed by atoms with E-state index in [0.29, 0.717) is 0 Å². The van der Waals surface area contributed by atoms with Gasteiger partial charge in [-0.2, -0.15) is 0 Å². The van der Waals surface area contributed by atoms with E-state index in [-0.39, 0.29) is 24.8 Å². The molecule has 0 aromatic carbocycles. The number of halogens is 2. The van der Waals surface area contributed by atoms with E-state index >= 15 is 0 Å². The molecule has 0 N–H and O–H groups in total. The lowest BCUT2D eigenvalue weighted by Gasteiger charge is -2.22. The Hall–Kier alpha value is -1.12. The maximum Gasteiger partial charge on any atom is 0.0219 e. The van der Waals surface area contributed by atoms with Crippen molar-refractivity contribution in [1.29, 1.82) is 0 Å². The van der Waals surface area contributed by atoms with Gasteiger partial charge < -0.3 is 9.80 Å². The highest BCUT2D eigenvalue weighted by Crippen LogP contribution is 2.20. The number of allylic oxidation sites excluding steroid dienone is 6. The summed E-state index contributed by atoms with van der Waals surface area (Å²) in [6.07, 6.45) is 31.3. The molecule has 0 spiro atoms. The van der Waals surface area contributed by atoms with E-state index in [1.54, 1.807) is 0 Å². The summed E-state index contributed by atoms with van der Waals surface area (Å²) in [6.45, 7) is 6.81. The summed E-state index contributed by atoms with van der Waals surface area (Å²) in [6, 6.07) is 0. The van der Waals surface area contributed by atoms with Gasteiger partial charge in [0.15, 0.2) is 0 Å². The minimum Gasteiger partial charge on any atom is -0.354 e. The van der Waals surface area contributed by atoms with Crippen LogP contribution < -0.4 is 0 Å². The van der Waals surface area contributed by atoms with Crippen LogP contribution in [0.1, 0.15) is 78.1 Å². The molecular formula is C24H40Cl2N2. The zero-order valence-electron chi connectivity index (χ0n) is 17.8. The Labute approximate surface area is 185 Å². The summed E-state index contributed by atoms with van der Waals surface area (Å²) in [5.74, 6) is 0. The summed E-state index contributed by atoms with van der Waals surface area (Å²) in [4.78, 5) is 4.63. The van der Waals surface area contributed by atoms with Crippen molar-refractivity contribution in [2.75, 3.05) is 13.1 Å². The lowest BCUT2D eigenvalue weighted by molar-refractivity contribution is 0.464. The first-order valence-electron chi connectivity index (χ1n) is 10.8. The van der Waals surface area contributed by atoms with Crippen molar-refractivity contribution in [3.63, 3.8) is 0 Å². The van der Waals surface area contributed by atoms with Gasteiger partial charge in [0.25, 0.3) is 0 Å². The predicted molar refractivity (Wildman–Crippen MR) is 129 cm³/mol. The van der Waals surface area contributed by atoms with Gasteiger partial charge in [0.1, 0.15) is 0 Å². The Morgan fingerprint density at radius 1 is 0.500 bits per heavy atom. The molecule has 0 atom stereocenters. The van der Waals surface area contributed by atoms with Crippen LogP contribution >= 0.6 is 24.8 Å². The van der Waals surface area contributed by atoms with E-state index in [0.717, 1.165) is 13.1 Å². The van der Waals surface area contributed by atoms with Gasteiger partial charge >= 0.3 is 0 Å². The molecule has 0 unspecified atom stereocenters. The van der Waals surface area contributed by atoms with E-state index in [9.17, 15) is 0 Å². The highest BCUT2D eigenvalue weighted by Gasteiger charge is 2.06. The normalized spacial score (nSPS) is 15.1. The van der Waals surface area contributed by atoms with Crippen LogP contribution in [0.5, 0.6) is 0 Å². The maximum absolute atomic E-state index is 2.31. The molecule has 0 aromatic heterocycles. The van der Waals surface area contributed by atoms with Crippen molar-refractivity contribution in [2.24, 2.45) is 0 Å². The molecule has 2 nitrogen and oxygen atoms in total. The number of hydrogen-bond donors (Lipinski definition) is 0. The van der Waals surface area contributed by atoms with Crippen LogP contribution in [0, 0.1) is 0 Å². The van der Waals surface area contributed by atoms with E-state index in [4.69, 9.17) is 0 Å². The van der Waals surface area contributed by atoms with Crippen molar-refractivity contribution in [3.8, 4) is 0 Å². The van der Waals surface area contributed by atoms with Crippen molar-refractivity contribution in [2.45, 2.75) is 78.1 Å². The second-order valence-corrected chi connectivity index (χ2v) is 7.48. The van der Waals surface area contributed by atoms with Gasteiger partial charge in [-0.25, -0.2) is 0 Å². The van der Waals surface area contributed by atoms with Crippen molar-refractivity contribution >= 4 is 24.8 Å². The molecule has 0 saturated heterocycles. The summed E-state index contributed by atoms with van der Waals surface area (Å²) in [5, 5.41) is 0. The van der Waals surface area contributed by atoms with Crippen LogP contribution in [0.4, 0.5) is 0 Å². The lowest BCUT2D eigenvalue weighted by atomic mass is 10.0. The average molecular weight is 428 g/mol. The first kappa shape index (κ1) is 26.9. The second-order valence-electron chi connectivity index (χ2n) is 7.48. The van der Waals surface area contributed by atoms with Crippen molar-refractivity contribution in [3.05, 3.63) is 60.3 Å². The third-order valence-electron chi connectivity index (χ3n) is 5.16. The molecule has 0 fully saturated rings. The average Bonchev–Trinajstić information content (AvgIpc) is 2.69. The van der Waals surface area contributed by atoms with Crippen LogP contribution in [0.25, 0.3) is 0 Å². The molecule has 160 valence electrons. The van der Waals surface area contributed by atoms with Crippen LogP contribution in [0.15, 0.2) is 60.3 Å². The highest BCUT2D eigenvalue weighted by atomic mass is 35.5. The molecule has 0 aliphatic carbocycles. The van der Waals surface area contributed by atoms with E-state index in [2.05, 4.69) is 72.8 Å². The topological polar surface area (TPSA) is 6.48 Å². The molecule has 2 heterocycles. The number of rotatable bonds is 12. The molecule has 2 aliphatic rings. The zero-order valence-corrected chi connectivity index (χ0v) is 19.4. The fraction of sp³-hybridized carbons (Fsp3) is 0.583. The standard InChI is InChI=1S/C24H38N2.2ClH/c1-3-5-7-9-11-17-25-19-13-23(14-20-25)24-15-21-26(22-16-24)18-12-10-8-6-4-2;;/h13-16,19-22H,3-12,17-18H2,1-2H3;2*1H. The van der Waals surface area contributed by atoms with E-state index in [1.807, 2.05) is 0 Å². The Balaban J connectivity index is 0.00000364. The van der Waals surface area contributed by atoms with E-state index in [1.165, 1.54) is 75.4 Å². The molecule has 4 heteroatoms. The maximum atomic E-state index is 2.31. The van der Waals surface area contributed by atoms with Crippen LogP contribution in [0.3, 0.4) is 0 Å². The summed E-state index contributed by atoms with van der Waals surface area (Å²) < 4.78 is 0. The van der Waals surface area contributed by atoms with Gasteiger partial charge in [0.05, 0.1) is 0 Å². The minimum atomic E-state index is 0. The number of unbranched alkanes of at least 4 members (excludes halogenated alkanes) is 8. The fourth-order valence-electron chi connectivity index (χ4n) is 3.39. The van der Waals surface area contributed by atoms with Gasteiger partial charge in [-0.1, -0.05) is 65.2 Å². The molecule has 28 heavy (non-hydrogen) atoms. The monoisotopic (exact) mass is 426 g/mol. The Kier molecular flexibility index (Phi) is 16.1. The van der Waals surface area contributed by atoms with Crippen molar-refractivity contribution in [1.82, 2.24) is 9.80 Å². The molecule has 0 aromatic rings.